The maximum atomic E-state index is 11.9. The molecule has 0 aliphatic heterocycles. The fraction of sp³-hybridized carbons (Fsp3) is 0.118. The molecule has 0 fully saturated rings. The lowest BCUT2D eigenvalue weighted by atomic mass is 10.2. The lowest BCUT2D eigenvalue weighted by Crippen LogP contribution is -2.16. The van der Waals surface area contributed by atoms with Crippen LogP contribution in [-0.4, -0.2) is 20.1 Å². The quantitative estimate of drug-likeness (QED) is 0.917. The second-order valence-electron chi connectivity index (χ2n) is 4.29. The molecule has 0 radical (unpaired) electrons. The highest BCUT2D eigenvalue weighted by atomic mass is 16.5. The third-order valence-corrected chi connectivity index (χ3v) is 2.93. The topological polar surface area (TPSA) is 47.6 Å². The maximum absolute atomic E-state index is 11.9. The first-order valence-electron chi connectivity index (χ1n) is 6.49. The van der Waals surface area contributed by atoms with Crippen molar-refractivity contribution in [3.8, 4) is 11.5 Å². The molecule has 2 aromatic rings. The molecule has 0 aromatic heterocycles. The molecule has 0 unspecified atom stereocenters. The van der Waals surface area contributed by atoms with Crippen molar-refractivity contribution >= 4 is 12.0 Å². The van der Waals surface area contributed by atoms with Gasteiger partial charge in [0.15, 0.2) is 11.5 Å². The van der Waals surface area contributed by atoms with Crippen LogP contribution in [0.5, 0.6) is 11.5 Å². The van der Waals surface area contributed by atoms with Crippen LogP contribution in [0.2, 0.25) is 0 Å². The summed E-state index contributed by atoms with van der Waals surface area (Å²) < 4.78 is 10.4. The zero-order valence-corrected chi connectivity index (χ0v) is 12.0. The number of benzene rings is 2. The van der Waals surface area contributed by atoms with Crippen molar-refractivity contribution in [1.29, 1.82) is 0 Å². The van der Waals surface area contributed by atoms with E-state index in [1.54, 1.807) is 38.6 Å². The molecule has 4 nitrogen and oxygen atoms in total. The number of hydrogen-bond donors (Lipinski definition) is 1. The third-order valence-electron chi connectivity index (χ3n) is 2.93. The number of methoxy groups -OCH3 is 2. The van der Waals surface area contributed by atoms with Crippen molar-refractivity contribution in [2.24, 2.45) is 0 Å². The third kappa shape index (κ3) is 3.86. The molecule has 0 bridgehead atoms. The Morgan fingerprint density at radius 2 is 1.71 bits per heavy atom. The van der Waals surface area contributed by atoms with E-state index >= 15 is 0 Å². The Kier molecular flexibility index (Phi) is 4.99. The lowest BCUT2D eigenvalue weighted by Gasteiger charge is -2.07. The van der Waals surface area contributed by atoms with Gasteiger partial charge < -0.3 is 14.8 Å². The van der Waals surface area contributed by atoms with Crippen LogP contribution in [0.15, 0.2) is 54.7 Å². The van der Waals surface area contributed by atoms with Gasteiger partial charge in [0.2, 0.25) is 0 Å². The van der Waals surface area contributed by atoms with Crippen LogP contribution in [0.25, 0.3) is 6.08 Å². The molecule has 0 aliphatic rings. The Morgan fingerprint density at radius 1 is 1.00 bits per heavy atom. The second-order valence-corrected chi connectivity index (χ2v) is 4.29. The van der Waals surface area contributed by atoms with Crippen LogP contribution in [0, 0.1) is 0 Å². The van der Waals surface area contributed by atoms with E-state index in [0.717, 1.165) is 5.56 Å². The summed E-state index contributed by atoms with van der Waals surface area (Å²) in [6.45, 7) is 0. The van der Waals surface area contributed by atoms with Gasteiger partial charge in [0.05, 0.1) is 14.2 Å². The Labute approximate surface area is 124 Å². The van der Waals surface area contributed by atoms with E-state index in [9.17, 15) is 4.79 Å². The molecule has 1 amide bonds. The largest absolute Gasteiger partial charge is 0.493 e. The first kappa shape index (κ1) is 14.7. The minimum absolute atomic E-state index is 0.146. The first-order chi connectivity index (χ1) is 10.2. The highest BCUT2D eigenvalue weighted by molar-refractivity contribution is 5.95. The number of carbonyl (C=O) groups is 1. The van der Waals surface area contributed by atoms with Gasteiger partial charge in [0.1, 0.15) is 0 Å². The van der Waals surface area contributed by atoms with Gasteiger partial charge in [-0.2, -0.15) is 0 Å². The molecule has 0 atom stereocenters. The molecule has 0 heterocycles. The van der Waals surface area contributed by atoms with Gasteiger partial charge >= 0.3 is 0 Å². The summed E-state index contributed by atoms with van der Waals surface area (Å²) in [4.78, 5) is 11.9. The van der Waals surface area contributed by atoms with E-state index in [1.165, 1.54) is 0 Å². The van der Waals surface area contributed by atoms with Gasteiger partial charge in [-0.25, -0.2) is 0 Å². The van der Waals surface area contributed by atoms with E-state index in [2.05, 4.69) is 5.32 Å². The van der Waals surface area contributed by atoms with Crippen LogP contribution < -0.4 is 14.8 Å². The van der Waals surface area contributed by atoms with Gasteiger partial charge in [-0.1, -0.05) is 24.3 Å². The number of carbonyl (C=O) groups excluding carboxylic acids is 1. The van der Waals surface area contributed by atoms with Crippen LogP contribution >= 0.6 is 0 Å². The van der Waals surface area contributed by atoms with Crippen LogP contribution in [0.4, 0.5) is 0 Å². The minimum Gasteiger partial charge on any atom is -0.493 e. The molecule has 2 aromatic carbocycles. The molecule has 0 aliphatic carbocycles. The monoisotopic (exact) mass is 283 g/mol. The SMILES string of the molecule is COc1ccc(/C=C/NC(=O)c2ccccc2)cc1OC. The fourth-order valence-corrected chi connectivity index (χ4v) is 1.84. The summed E-state index contributed by atoms with van der Waals surface area (Å²) in [7, 11) is 3.18. The average molecular weight is 283 g/mol. The fourth-order valence-electron chi connectivity index (χ4n) is 1.84. The van der Waals surface area contributed by atoms with Crippen LogP contribution in [0.1, 0.15) is 15.9 Å². The summed E-state index contributed by atoms with van der Waals surface area (Å²) in [5.74, 6) is 1.17. The van der Waals surface area contributed by atoms with E-state index in [-0.39, 0.29) is 5.91 Å². The standard InChI is InChI=1S/C17H17NO3/c1-20-15-9-8-13(12-16(15)21-2)10-11-18-17(19)14-6-4-3-5-7-14/h3-12H,1-2H3,(H,18,19)/b11-10+. The van der Waals surface area contributed by atoms with E-state index in [4.69, 9.17) is 9.47 Å². The molecule has 4 heteroatoms. The van der Waals surface area contributed by atoms with Crippen molar-refractivity contribution in [3.63, 3.8) is 0 Å². The van der Waals surface area contributed by atoms with Crippen LogP contribution in [0.3, 0.4) is 0 Å². The summed E-state index contributed by atoms with van der Waals surface area (Å²) in [6.07, 6.45) is 3.40. The molecule has 1 N–H and O–H groups in total. The highest BCUT2D eigenvalue weighted by Crippen LogP contribution is 2.27. The number of rotatable bonds is 5. The molecule has 21 heavy (non-hydrogen) atoms. The summed E-state index contributed by atoms with van der Waals surface area (Å²) in [5, 5.41) is 2.72. The van der Waals surface area contributed by atoms with Crippen molar-refractivity contribution < 1.29 is 14.3 Å². The summed E-state index contributed by atoms with van der Waals surface area (Å²) in [6, 6.07) is 14.6. The zero-order valence-electron chi connectivity index (χ0n) is 12.0. The van der Waals surface area contributed by atoms with Crippen molar-refractivity contribution in [2.45, 2.75) is 0 Å². The molecule has 0 saturated heterocycles. The Bertz CT molecular complexity index is 636. The molecule has 2 rings (SSSR count). The van der Waals surface area contributed by atoms with E-state index < -0.39 is 0 Å². The maximum Gasteiger partial charge on any atom is 0.255 e. The van der Waals surface area contributed by atoms with Crippen molar-refractivity contribution in [2.75, 3.05) is 14.2 Å². The lowest BCUT2D eigenvalue weighted by molar-refractivity contribution is 0.0970. The van der Waals surface area contributed by atoms with Gasteiger partial charge in [0.25, 0.3) is 5.91 Å². The van der Waals surface area contributed by atoms with E-state index in [1.807, 2.05) is 36.4 Å². The number of hydrogen-bond acceptors (Lipinski definition) is 3. The Balaban J connectivity index is 2.03. The first-order valence-corrected chi connectivity index (χ1v) is 6.49. The molecular weight excluding hydrogens is 266 g/mol. The number of ether oxygens (including phenoxy) is 2. The Hall–Kier alpha value is -2.75. The van der Waals surface area contributed by atoms with E-state index in [0.29, 0.717) is 17.1 Å². The highest BCUT2D eigenvalue weighted by Gasteiger charge is 2.03. The number of nitrogens with one attached hydrogen (secondary N) is 1. The molecular formula is C17H17NO3. The van der Waals surface area contributed by atoms with Gasteiger partial charge in [-0.05, 0) is 35.9 Å². The van der Waals surface area contributed by atoms with Crippen molar-refractivity contribution in [1.82, 2.24) is 5.32 Å². The molecule has 0 saturated carbocycles. The smallest absolute Gasteiger partial charge is 0.255 e. The summed E-state index contributed by atoms with van der Waals surface area (Å²) >= 11 is 0. The molecule has 108 valence electrons. The predicted octanol–water partition coefficient (Wildman–Crippen LogP) is 3.10. The zero-order chi connectivity index (χ0) is 15.1. The Morgan fingerprint density at radius 3 is 2.38 bits per heavy atom. The minimum atomic E-state index is -0.146. The normalized spacial score (nSPS) is 10.4. The van der Waals surface area contributed by atoms with Gasteiger partial charge in [0, 0.05) is 11.8 Å². The predicted molar refractivity (Wildman–Crippen MR) is 82.5 cm³/mol. The van der Waals surface area contributed by atoms with Crippen molar-refractivity contribution in [3.05, 3.63) is 65.9 Å². The number of amides is 1. The van der Waals surface area contributed by atoms with Crippen LogP contribution in [-0.2, 0) is 0 Å². The van der Waals surface area contributed by atoms with Gasteiger partial charge in [-0.3, -0.25) is 4.79 Å². The van der Waals surface area contributed by atoms with Gasteiger partial charge in [-0.15, -0.1) is 0 Å². The summed E-state index contributed by atoms with van der Waals surface area (Å²) in [5.41, 5.74) is 1.52. The average Bonchev–Trinajstić information content (AvgIpc) is 2.55. The second kappa shape index (κ2) is 7.14. The molecule has 0 spiro atoms.